The highest BCUT2D eigenvalue weighted by Crippen LogP contribution is 2.23. The lowest BCUT2D eigenvalue weighted by Gasteiger charge is -2.12. The Morgan fingerprint density at radius 3 is 2.40 bits per heavy atom. The molecule has 3 N–H and O–H groups in total. The molecular weight excluding hydrogens is 340 g/mol. The maximum absolute atomic E-state index is 12.5. The number of hydrogen-bond donors (Lipinski definition) is 3. The average molecular weight is 356 g/mol. The Bertz CT molecular complexity index is 995. The lowest BCUT2D eigenvalue weighted by atomic mass is 10.0. The van der Waals surface area contributed by atoms with Crippen molar-refractivity contribution in [1.82, 2.24) is 4.98 Å². The van der Waals surface area contributed by atoms with E-state index in [1.807, 2.05) is 42.5 Å². The first-order valence-electron chi connectivity index (χ1n) is 7.52. The second kappa shape index (κ2) is 6.82. The number of para-hydroxylation sites is 1. The molecule has 3 aromatic rings. The number of sulfonamides is 1. The monoisotopic (exact) mass is 356 g/mol. The molecule has 6 nitrogen and oxygen atoms in total. The fraction of sp³-hybridized carbons (Fsp3) is 0.0556. The SMILES string of the molecule is O=C(O)c1cc(S(=O)(=O)Nc2ccccc2Cc2ccccc2)c[nH]1. The lowest BCUT2D eigenvalue weighted by molar-refractivity contribution is 0.0691. The van der Waals surface area contributed by atoms with Gasteiger partial charge in [0.1, 0.15) is 10.6 Å². The number of rotatable bonds is 6. The minimum atomic E-state index is -3.89. The van der Waals surface area contributed by atoms with Gasteiger partial charge in [-0.15, -0.1) is 0 Å². The zero-order valence-corrected chi connectivity index (χ0v) is 14.0. The summed E-state index contributed by atoms with van der Waals surface area (Å²) in [6, 6.07) is 17.9. The Balaban J connectivity index is 1.88. The molecule has 128 valence electrons. The Morgan fingerprint density at radius 2 is 1.72 bits per heavy atom. The highest BCUT2D eigenvalue weighted by Gasteiger charge is 2.19. The third-order valence-electron chi connectivity index (χ3n) is 3.70. The number of aromatic amines is 1. The van der Waals surface area contributed by atoms with Crippen LogP contribution < -0.4 is 4.72 Å². The molecule has 0 aliphatic heterocycles. The third-order valence-corrected chi connectivity index (χ3v) is 5.04. The van der Waals surface area contributed by atoms with Crippen LogP contribution in [0.3, 0.4) is 0 Å². The van der Waals surface area contributed by atoms with E-state index in [0.29, 0.717) is 12.1 Å². The highest BCUT2D eigenvalue weighted by atomic mass is 32.2. The van der Waals surface area contributed by atoms with Gasteiger partial charge in [-0.1, -0.05) is 48.5 Å². The molecule has 1 aromatic heterocycles. The molecule has 0 saturated carbocycles. The molecule has 25 heavy (non-hydrogen) atoms. The predicted octanol–water partition coefficient (Wildman–Crippen LogP) is 3.10. The summed E-state index contributed by atoms with van der Waals surface area (Å²) in [5.74, 6) is -1.22. The molecule has 0 amide bonds. The third kappa shape index (κ3) is 3.89. The van der Waals surface area contributed by atoms with Crippen molar-refractivity contribution in [3.05, 3.63) is 83.7 Å². The van der Waals surface area contributed by atoms with Gasteiger partial charge in [-0.2, -0.15) is 0 Å². The smallest absolute Gasteiger partial charge is 0.352 e. The van der Waals surface area contributed by atoms with Crippen LogP contribution in [0, 0.1) is 0 Å². The number of aromatic carboxylic acids is 1. The van der Waals surface area contributed by atoms with E-state index in [-0.39, 0.29) is 10.6 Å². The topological polar surface area (TPSA) is 99.3 Å². The highest BCUT2D eigenvalue weighted by molar-refractivity contribution is 7.92. The molecule has 2 aromatic carbocycles. The number of aromatic nitrogens is 1. The van der Waals surface area contributed by atoms with Gasteiger partial charge in [0.05, 0.1) is 5.69 Å². The summed E-state index contributed by atoms with van der Waals surface area (Å²) in [4.78, 5) is 13.2. The summed E-state index contributed by atoms with van der Waals surface area (Å²) in [5, 5.41) is 8.92. The van der Waals surface area contributed by atoms with Crippen LogP contribution in [0.2, 0.25) is 0 Å². The van der Waals surface area contributed by atoms with Crippen molar-refractivity contribution in [3.63, 3.8) is 0 Å². The van der Waals surface area contributed by atoms with Crippen molar-refractivity contribution in [1.29, 1.82) is 0 Å². The van der Waals surface area contributed by atoms with Gasteiger partial charge in [-0.25, -0.2) is 13.2 Å². The molecule has 0 aliphatic carbocycles. The van der Waals surface area contributed by atoms with Crippen molar-refractivity contribution >= 4 is 21.7 Å². The van der Waals surface area contributed by atoms with Crippen LogP contribution in [0.25, 0.3) is 0 Å². The van der Waals surface area contributed by atoms with Crippen molar-refractivity contribution in [3.8, 4) is 0 Å². The number of nitrogens with one attached hydrogen (secondary N) is 2. The molecule has 0 bridgehead atoms. The van der Waals surface area contributed by atoms with E-state index in [1.165, 1.54) is 0 Å². The Kier molecular flexibility index (Phi) is 4.58. The molecule has 3 rings (SSSR count). The molecule has 0 fully saturated rings. The van der Waals surface area contributed by atoms with Gasteiger partial charge < -0.3 is 10.1 Å². The first-order valence-corrected chi connectivity index (χ1v) is 9.00. The second-order valence-corrected chi connectivity index (χ2v) is 7.16. The summed E-state index contributed by atoms with van der Waals surface area (Å²) >= 11 is 0. The molecule has 0 atom stereocenters. The Hall–Kier alpha value is -3.06. The van der Waals surface area contributed by atoms with E-state index in [4.69, 9.17) is 5.11 Å². The molecule has 1 heterocycles. The number of carboxylic acid groups (broad SMARTS) is 1. The number of carbonyl (C=O) groups is 1. The van der Waals surface area contributed by atoms with Crippen molar-refractivity contribution in [2.45, 2.75) is 11.3 Å². The molecule has 0 aliphatic rings. The number of H-pyrrole nitrogens is 1. The van der Waals surface area contributed by atoms with Gasteiger partial charge in [-0.05, 0) is 29.7 Å². The maximum atomic E-state index is 12.5. The van der Waals surface area contributed by atoms with E-state index < -0.39 is 16.0 Å². The fourth-order valence-electron chi connectivity index (χ4n) is 2.45. The van der Waals surface area contributed by atoms with Crippen molar-refractivity contribution in [2.24, 2.45) is 0 Å². The summed E-state index contributed by atoms with van der Waals surface area (Å²) < 4.78 is 27.6. The molecule has 0 radical (unpaired) electrons. The summed E-state index contributed by atoms with van der Waals surface area (Å²) in [6.45, 7) is 0. The first-order chi connectivity index (χ1) is 12.0. The Labute approximate surface area is 145 Å². The zero-order chi connectivity index (χ0) is 17.9. The lowest BCUT2D eigenvalue weighted by Crippen LogP contribution is -2.13. The number of anilines is 1. The Morgan fingerprint density at radius 1 is 1.04 bits per heavy atom. The predicted molar refractivity (Wildman–Crippen MR) is 94.3 cm³/mol. The van der Waals surface area contributed by atoms with Crippen molar-refractivity contribution < 1.29 is 18.3 Å². The van der Waals surface area contributed by atoms with Gasteiger partial charge in [0.2, 0.25) is 0 Å². The van der Waals surface area contributed by atoms with Gasteiger partial charge in [0.25, 0.3) is 10.0 Å². The average Bonchev–Trinajstić information content (AvgIpc) is 3.09. The van der Waals surface area contributed by atoms with Crippen LogP contribution in [-0.4, -0.2) is 24.5 Å². The van der Waals surface area contributed by atoms with Crippen LogP contribution in [0.5, 0.6) is 0 Å². The molecule has 0 unspecified atom stereocenters. The minimum Gasteiger partial charge on any atom is -0.477 e. The summed E-state index contributed by atoms with van der Waals surface area (Å²) in [6.07, 6.45) is 1.73. The quantitative estimate of drug-likeness (QED) is 0.632. The summed E-state index contributed by atoms with van der Waals surface area (Å²) in [7, 11) is -3.89. The van der Waals surface area contributed by atoms with E-state index in [2.05, 4.69) is 9.71 Å². The van der Waals surface area contributed by atoms with E-state index in [0.717, 1.165) is 23.4 Å². The van der Waals surface area contributed by atoms with Crippen LogP contribution in [0.1, 0.15) is 21.6 Å². The minimum absolute atomic E-state index is 0.126. The maximum Gasteiger partial charge on any atom is 0.352 e. The molecule has 0 saturated heterocycles. The number of carboxylic acids is 1. The largest absolute Gasteiger partial charge is 0.477 e. The van der Waals surface area contributed by atoms with E-state index >= 15 is 0 Å². The van der Waals surface area contributed by atoms with Gasteiger partial charge in [0.15, 0.2) is 0 Å². The standard InChI is InChI=1S/C18H16N2O4S/c21-18(22)17-11-15(12-19-17)25(23,24)20-16-9-5-4-8-14(16)10-13-6-2-1-3-7-13/h1-9,11-12,19-20H,10H2,(H,21,22). The normalized spacial score (nSPS) is 11.2. The van der Waals surface area contributed by atoms with Crippen LogP contribution in [-0.2, 0) is 16.4 Å². The first kappa shape index (κ1) is 16.8. The zero-order valence-electron chi connectivity index (χ0n) is 13.1. The number of hydrogen-bond acceptors (Lipinski definition) is 3. The molecule has 0 spiro atoms. The van der Waals surface area contributed by atoms with Crippen LogP contribution in [0.15, 0.2) is 71.8 Å². The molecular formula is C18H16N2O4S. The second-order valence-electron chi connectivity index (χ2n) is 5.48. The van der Waals surface area contributed by atoms with Crippen LogP contribution >= 0.6 is 0 Å². The van der Waals surface area contributed by atoms with Crippen LogP contribution in [0.4, 0.5) is 5.69 Å². The fourth-order valence-corrected chi connectivity index (χ4v) is 3.54. The van der Waals surface area contributed by atoms with Gasteiger partial charge >= 0.3 is 5.97 Å². The summed E-state index contributed by atoms with van der Waals surface area (Å²) in [5.41, 5.74) is 2.16. The van der Waals surface area contributed by atoms with E-state index in [1.54, 1.807) is 12.1 Å². The van der Waals surface area contributed by atoms with Gasteiger partial charge in [0, 0.05) is 6.20 Å². The molecule has 7 heteroatoms. The van der Waals surface area contributed by atoms with Gasteiger partial charge in [-0.3, -0.25) is 4.72 Å². The number of benzene rings is 2. The van der Waals surface area contributed by atoms with Crippen molar-refractivity contribution in [2.75, 3.05) is 4.72 Å². The van der Waals surface area contributed by atoms with E-state index in [9.17, 15) is 13.2 Å².